The van der Waals surface area contributed by atoms with Gasteiger partial charge in [-0.25, -0.2) is 87.8 Å². The Bertz CT molecular complexity index is 2730. The minimum atomic E-state index is -7.22. The van der Waals surface area contributed by atoms with Gasteiger partial charge in [0.25, 0.3) is 5.15 Å². The van der Waals surface area contributed by atoms with Gasteiger partial charge in [0.05, 0.1) is 0 Å². The lowest BCUT2D eigenvalue weighted by Crippen LogP contribution is -2.81. The number of benzene rings is 6. The molecule has 2 nitrogen and oxygen atoms in total. The van der Waals surface area contributed by atoms with Gasteiger partial charge in [-0.05, 0) is 23.7 Å². The zero-order valence-electron chi connectivity index (χ0n) is 30.9. The van der Waals surface area contributed by atoms with E-state index in [4.69, 9.17) is 11.6 Å². The number of ketones is 1. The SMILES string of the molecule is Fc1c(F)c(F)c([B-](c2c(F)c(F)c(F)c(F)c2F)(c2c(F)c(F)c(F)c(F)c2F)c2c(F)c(F)c(F)c(F)c2F)c(F)c1F.O=C(C[n+]1c(Cl)ccc2ccccc21)c1ccccc1. The first-order valence-electron chi connectivity index (χ1n) is 17.3. The summed E-state index contributed by atoms with van der Waals surface area (Å²) in [7, 11) is 0. The fraction of sp³-hybridized carbons (Fsp3) is 0.0244. The van der Waals surface area contributed by atoms with Crippen LogP contribution in [-0.2, 0) is 6.54 Å². The molecule has 24 heteroatoms. The summed E-state index contributed by atoms with van der Waals surface area (Å²) >= 11 is 6.25. The summed E-state index contributed by atoms with van der Waals surface area (Å²) in [4.78, 5) is 12.3. The average molecular weight is 962 g/mol. The molecular weight excluding hydrogens is 949 g/mol. The molecule has 0 amide bonds. The quantitative estimate of drug-likeness (QED) is 0.0297. The standard InChI is InChI=1S/C24BF20.C17H13ClNO/c26-5-1(6(27)14(35)21(42)13(5)34)25(2-7(28)15(36)22(43)16(37)8(2)29,3-9(30)17(38)23(44)18(39)10(3)31)4-11(32)19(40)24(45)20(41)12(4)33;18-17-11-10-13-6-4-5-9-15(13)19(17)12-16(20)14-7-2-1-3-8-14/h;1-11H,12H2/q-1;+1. The van der Waals surface area contributed by atoms with E-state index in [-0.39, 0.29) is 12.3 Å². The van der Waals surface area contributed by atoms with Crippen LogP contribution in [0.15, 0.2) is 66.7 Å². The first-order chi connectivity index (χ1) is 30.5. The molecule has 0 spiro atoms. The maximum atomic E-state index is 15.4. The van der Waals surface area contributed by atoms with Crippen LogP contribution in [0, 0.1) is 116 Å². The molecule has 1 heterocycles. The molecule has 0 N–H and O–H groups in total. The molecule has 0 aliphatic rings. The number of rotatable bonds is 7. The van der Waals surface area contributed by atoms with Crippen molar-refractivity contribution in [2.75, 3.05) is 0 Å². The van der Waals surface area contributed by atoms with Crippen LogP contribution in [0.4, 0.5) is 87.8 Å². The number of carbonyl (C=O) groups is 1. The predicted octanol–water partition coefficient (Wildman–Crippen LogP) is 9.51. The van der Waals surface area contributed by atoms with E-state index in [1.54, 1.807) is 0 Å². The van der Waals surface area contributed by atoms with Crippen LogP contribution in [0.5, 0.6) is 0 Å². The summed E-state index contributed by atoms with van der Waals surface area (Å²) in [6, 6.07) is 20.9. The minimum Gasteiger partial charge on any atom is -0.287 e. The van der Waals surface area contributed by atoms with Gasteiger partial charge in [-0.15, -0.1) is 21.9 Å². The van der Waals surface area contributed by atoms with E-state index >= 15 is 35.1 Å². The van der Waals surface area contributed by atoms with Gasteiger partial charge in [-0.2, -0.15) is 4.57 Å². The second-order valence-electron chi connectivity index (χ2n) is 13.4. The maximum Gasteiger partial charge on any atom is 0.275 e. The first-order valence-corrected chi connectivity index (χ1v) is 17.7. The van der Waals surface area contributed by atoms with E-state index in [0.717, 1.165) is 10.9 Å². The summed E-state index contributed by atoms with van der Waals surface area (Å²) in [6.07, 6.45) is -7.22. The molecule has 6 aromatic carbocycles. The van der Waals surface area contributed by atoms with Crippen molar-refractivity contribution < 1.29 is 97.2 Å². The molecule has 0 unspecified atom stereocenters. The molecule has 0 atom stereocenters. The van der Waals surface area contributed by atoms with Crippen molar-refractivity contribution in [2.24, 2.45) is 0 Å². The molecule has 7 aromatic rings. The zero-order chi connectivity index (χ0) is 48.3. The normalized spacial score (nSPS) is 11.6. The fourth-order valence-electron chi connectivity index (χ4n) is 7.13. The molecule has 0 bridgehead atoms. The highest BCUT2D eigenvalue weighted by Gasteiger charge is 2.52. The Morgan fingerprint density at radius 3 is 0.969 bits per heavy atom. The predicted molar refractivity (Wildman–Crippen MR) is 189 cm³/mol. The highest BCUT2D eigenvalue weighted by atomic mass is 35.5. The highest BCUT2D eigenvalue weighted by Crippen LogP contribution is 2.31. The van der Waals surface area contributed by atoms with Crippen molar-refractivity contribution in [1.82, 2.24) is 0 Å². The lowest BCUT2D eigenvalue weighted by Gasteiger charge is -2.44. The van der Waals surface area contributed by atoms with Crippen LogP contribution in [0.3, 0.4) is 0 Å². The second kappa shape index (κ2) is 17.7. The summed E-state index contributed by atoms with van der Waals surface area (Å²) in [5.74, 6) is -71.4. The Balaban J connectivity index is 0.000000289. The number of fused-ring (bicyclic) bond motifs is 1. The Morgan fingerprint density at radius 2 is 0.646 bits per heavy atom. The molecule has 0 radical (unpaired) electrons. The van der Waals surface area contributed by atoms with Gasteiger partial charge < -0.3 is 0 Å². The number of nitrogens with zero attached hydrogens (tertiary/aromatic N) is 1. The smallest absolute Gasteiger partial charge is 0.275 e. The molecule has 338 valence electrons. The third-order valence-electron chi connectivity index (χ3n) is 9.99. The Kier molecular flexibility index (Phi) is 13.0. The van der Waals surface area contributed by atoms with Crippen LogP contribution >= 0.6 is 11.6 Å². The number of pyridine rings is 1. The van der Waals surface area contributed by atoms with Crippen LogP contribution in [0.2, 0.25) is 5.15 Å². The molecule has 0 fully saturated rings. The average Bonchev–Trinajstić information content (AvgIpc) is 3.30. The third-order valence-corrected chi connectivity index (χ3v) is 10.3. The lowest BCUT2D eigenvalue weighted by molar-refractivity contribution is -0.654. The number of Topliss-reactive ketones (excluding diaryl/α,β-unsaturated/α-hetero) is 1. The maximum absolute atomic E-state index is 15.4. The number of hydrogen-bond donors (Lipinski definition) is 0. The van der Waals surface area contributed by atoms with Crippen molar-refractivity contribution in [3.8, 4) is 0 Å². The molecule has 7 rings (SSSR count). The minimum absolute atomic E-state index is 0.0499. The fourth-order valence-corrected chi connectivity index (χ4v) is 7.35. The Morgan fingerprint density at radius 1 is 0.369 bits per heavy atom. The van der Waals surface area contributed by atoms with Crippen LogP contribution in [0.25, 0.3) is 10.9 Å². The molecule has 1 aromatic heterocycles. The van der Waals surface area contributed by atoms with Gasteiger partial charge in [0.15, 0.2) is 69.8 Å². The van der Waals surface area contributed by atoms with Crippen LogP contribution in [0.1, 0.15) is 10.4 Å². The van der Waals surface area contributed by atoms with Crippen molar-refractivity contribution in [3.63, 3.8) is 0 Å². The van der Waals surface area contributed by atoms with E-state index in [2.05, 4.69) is 0 Å². The third kappa shape index (κ3) is 7.47. The number of aromatic nitrogens is 1. The van der Waals surface area contributed by atoms with Gasteiger partial charge in [-0.3, -0.25) is 4.79 Å². The zero-order valence-corrected chi connectivity index (χ0v) is 31.7. The number of para-hydroxylation sites is 1. The second-order valence-corrected chi connectivity index (χ2v) is 13.8. The Labute approximate surface area is 353 Å². The van der Waals surface area contributed by atoms with E-state index < -0.39 is 144 Å². The van der Waals surface area contributed by atoms with Gasteiger partial charge >= 0.3 is 0 Å². The number of carbonyl (C=O) groups excluding carboxylic acids is 1. The largest absolute Gasteiger partial charge is 0.287 e. The molecule has 0 saturated heterocycles. The molecule has 0 saturated carbocycles. The van der Waals surface area contributed by atoms with Gasteiger partial charge in [-0.1, -0.05) is 42.5 Å². The lowest BCUT2D eigenvalue weighted by atomic mass is 9.12. The molecule has 0 aliphatic carbocycles. The van der Waals surface area contributed by atoms with Gasteiger partial charge in [0.1, 0.15) is 52.7 Å². The van der Waals surface area contributed by atoms with E-state index in [1.807, 2.05) is 71.3 Å². The molecular formula is C41H13BClF20NO. The highest BCUT2D eigenvalue weighted by molar-refractivity contribution is 7.20. The summed E-state index contributed by atoms with van der Waals surface area (Å²) in [6.45, 7) is 0.240. The number of hydrogen-bond acceptors (Lipinski definition) is 1. The van der Waals surface area contributed by atoms with Gasteiger partial charge in [0.2, 0.25) is 17.8 Å². The summed E-state index contributed by atoms with van der Waals surface area (Å²) in [5.41, 5.74) is -12.7. The monoisotopic (exact) mass is 961 g/mol. The van der Waals surface area contributed by atoms with Crippen LogP contribution in [-0.4, -0.2) is 11.9 Å². The van der Waals surface area contributed by atoms with Crippen molar-refractivity contribution in [2.45, 2.75) is 6.54 Å². The van der Waals surface area contributed by atoms with E-state index in [9.17, 15) is 57.5 Å². The summed E-state index contributed by atoms with van der Waals surface area (Å²) < 4.78 is 296. The van der Waals surface area contributed by atoms with Crippen molar-refractivity contribution in [1.29, 1.82) is 0 Å². The van der Waals surface area contributed by atoms with E-state index in [1.165, 1.54) is 0 Å². The van der Waals surface area contributed by atoms with Crippen molar-refractivity contribution in [3.05, 3.63) is 194 Å². The van der Waals surface area contributed by atoms with E-state index in [0.29, 0.717) is 10.7 Å². The Hall–Kier alpha value is -6.65. The van der Waals surface area contributed by atoms with Crippen molar-refractivity contribution >= 4 is 56.3 Å². The van der Waals surface area contributed by atoms with Crippen LogP contribution < -0.4 is 26.4 Å². The molecule has 0 aliphatic heterocycles. The first kappa shape index (κ1) is 47.8. The molecule has 65 heavy (non-hydrogen) atoms. The summed E-state index contributed by atoms with van der Waals surface area (Å²) in [5, 5.41) is 1.63. The number of halogens is 21. The topological polar surface area (TPSA) is 20.9 Å². The van der Waals surface area contributed by atoms with Gasteiger partial charge in [0, 0.05) is 23.1 Å².